The lowest BCUT2D eigenvalue weighted by Crippen LogP contribution is -2.11. The number of aromatic nitrogens is 3. The van der Waals surface area contributed by atoms with Gasteiger partial charge in [-0.25, -0.2) is 0 Å². The number of benzene rings is 1. The minimum absolute atomic E-state index is 0.0666. The monoisotopic (exact) mass is 381 g/mol. The first-order valence-corrected chi connectivity index (χ1v) is 9.92. The van der Waals surface area contributed by atoms with Crippen LogP contribution in [0.2, 0.25) is 0 Å². The van der Waals surface area contributed by atoms with Crippen LogP contribution in [0.15, 0.2) is 29.2 Å². The van der Waals surface area contributed by atoms with Crippen molar-refractivity contribution in [1.82, 2.24) is 15.2 Å². The Labute approximate surface area is 154 Å². The van der Waals surface area contributed by atoms with Gasteiger partial charge < -0.3 is 11.5 Å². The maximum Gasteiger partial charge on any atom is 0.294 e. The molecule has 0 saturated heterocycles. The first kappa shape index (κ1) is 21.8. The van der Waals surface area contributed by atoms with Crippen molar-refractivity contribution in [2.45, 2.75) is 57.3 Å². The highest BCUT2D eigenvalue weighted by atomic mass is 32.2. The van der Waals surface area contributed by atoms with Gasteiger partial charge in [0, 0.05) is 5.92 Å². The summed E-state index contributed by atoms with van der Waals surface area (Å²) in [6.45, 7) is 6.14. The fourth-order valence-corrected chi connectivity index (χ4v) is 2.96. The van der Waals surface area contributed by atoms with Gasteiger partial charge in [0.25, 0.3) is 10.1 Å². The lowest BCUT2D eigenvalue weighted by molar-refractivity contribution is 0.483. The lowest BCUT2D eigenvalue weighted by atomic mass is 9.95. The zero-order chi connectivity index (χ0) is 19.7. The molecule has 0 fully saturated rings. The summed E-state index contributed by atoms with van der Waals surface area (Å²) in [6, 6.07) is 5.99. The van der Waals surface area contributed by atoms with Crippen molar-refractivity contribution in [3.8, 4) is 0 Å². The minimum atomic E-state index is -4.02. The van der Waals surface area contributed by atoms with Crippen LogP contribution in [0.4, 0.5) is 11.8 Å². The number of rotatable bonds is 6. The molecule has 0 atom stereocenters. The summed E-state index contributed by atoms with van der Waals surface area (Å²) < 4.78 is 29.6. The van der Waals surface area contributed by atoms with Crippen LogP contribution in [0.25, 0.3) is 0 Å². The SMILES string of the molecule is CCCC(CCC)c1nnc(N)nc1N.Cc1ccc(S(=O)(=O)O)cc1. The first-order chi connectivity index (χ1) is 12.2. The lowest BCUT2D eigenvalue weighted by Gasteiger charge is -2.14. The number of hydrogen-bond acceptors (Lipinski definition) is 7. The molecule has 1 aromatic carbocycles. The fourth-order valence-electron chi connectivity index (χ4n) is 2.48. The Bertz CT molecular complexity index is 789. The van der Waals surface area contributed by atoms with Crippen LogP contribution in [0.1, 0.15) is 56.7 Å². The van der Waals surface area contributed by atoms with Crippen LogP contribution in [-0.2, 0) is 10.1 Å². The fraction of sp³-hybridized carbons (Fsp3) is 0.471. The molecule has 1 aromatic heterocycles. The van der Waals surface area contributed by atoms with E-state index in [0.29, 0.717) is 11.7 Å². The Morgan fingerprint density at radius 3 is 2.00 bits per heavy atom. The first-order valence-electron chi connectivity index (χ1n) is 8.48. The van der Waals surface area contributed by atoms with Crippen molar-refractivity contribution in [3.05, 3.63) is 35.5 Å². The van der Waals surface area contributed by atoms with E-state index in [9.17, 15) is 8.42 Å². The molecule has 144 valence electrons. The Morgan fingerprint density at radius 1 is 1.04 bits per heavy atom. The third-order valence-electron chi connectivity index (χ3n) is 3.74. The minimum Gasteiger partial charge on any atom is -0.382 e. The molecule has 1 heterocycles. The molecular formula is C17H27N5O3S. The van der Waals surface area contributed by atoms with Gasteiger partial charge in [0.05, 0.1) is 4.90 Å². The molecule has 0 aliphatic carbocycles. The Hall–Kier alpha value is -2.26. The molecule has 2 aromatic rings. The van der Waals surface area contributed by atoms with Gasteiger partial charge >= 0.3 is 0 Å². The predicted octanol–water partition coefficient (Wildman–Crippen LogP) is 2.96. The van der Waals surface area contributed by atoms with Crippen LogP contribution in [0.5, 0.6) is 0 Å². The van der Waals surface area contributed by atoms with Crippen molar-refractivity contribution >= 4 is 21.9 Å². The third-order valence-corrected chi connectivity index (χ3v) is 4.61. The van der Waals surface area contributed by atoms with Crippen LogP contribution in [0.3, 0.4) is 0 Å². The highest BCUT2D eigenvalue weighted by molar-refractivity contribution is 7.85. The van der Waals surface area contributed by atoms with E-state index in [1.54, 1.807) is 12.1 Å². The zero-order valence-corrected chi connectivity index (χ0v) is 16.2. The number of aryl methyl sites for hydroxylation is 1. The summed E-state index contributed by atoms with van der Waals surface area (Å²) in [6.07, 6.45) is 4.35. The maximum absolute atomic E-state index is 10.5. The molecule has 0 radical (unpaired) electrons. The Balaban J connectivity index is 0.000000273. The number of nitrogens with zero attached hydrogens (tertiary/aromatic N) is 3. The van der Waals surface area contributed by atoms with Crippen molar-refractivity contribution < 1.29 is 13.0 Å². The Kier molecular flexibility index (Phi) is 8.40. The van der Waals surface area contributed by atoms with Gasteiger partial charge in [-0.2, -0.15) is 13.4 Å². The van der Waals surface area contributed by atoms with Crippen molar-refractivity contribution in [1.29, 1.82) is 0 Å². The van der Waals surface area contributed by atoms with Crippen LogP contribution >= 0.6 is 0 Å². The standard InChI is InChI=1S/C10H19N5.C7H8O3S/c1-3-5-7(6-4-2)8-9(11)13-10(12)15-14-8;1-6-2-4-7(5-3-6)11(8,9)10/h7H,3-6H2,1-2H3,(H4,11,12,13,15);2-5H,1H3,(H,8,9,10). The predicted molar refractivity (Wildman–Crippen MR) is 102 cm³/mol. The number of hydrogen-bond donors (Lipinski definition) is 3. The van der Waals surface area contributed by atoms with Crippen LogP contribution in [-0.4, -0.2) is 28.2 Å². The molecule has 0 amide bonds. The number of nitrogen functional groups attached to an aromatic ring is 2. The zero-order valence-electron chi connectivity index (χ0n) is 15.4. The Morgan fingerprint density at radius 2 is 1.58 bits per heavy atom. The third kappa shape index (κ3) is 6.93. The molecular weight excluding hydrogens is 354 g/mol. The molecule has 8 nitrogen and oxygen atoms in total. The number of nitrogens with two attached hydrogens (primary N) is 2. The van der Waals surface area contributed by atoms with Gasteiger partial charge in [-0.3, -0.25) is 4.55 Å². The average Bonchev–Trinajstić information content (AvgIpc) is 2.55. The second-order valence-electron chi connectivity index (χ2n) is 6.00. The van der Waals surface area contributed by atoms with E-state index in [2.05, 4.69) is 29.0 Å². The van der Waals surface area contributed by atoms with Gasteiger partial charge in [0.1, 0.15) is 5.69 Å². The van der Waals surface area contributed by atoms with Gasteiger partial charge in [0.15, 0.2) is 5.82 Å². The van der Waals surface area contributed by atoms with E-state index in [-0.39, 0.29) is 10.8 Å². The molecule has 0 spiro atoms. The molecule has 5 N–H and O–H groups in total. The van der Waals surface area contributed by atoms with Gasteiger partial charge in [-0.15, -0.1) is 10.2 Å². The van der Waals surface area contributed by atoms with Gasteiger partial charge in [0.2, 0.25) is 5.95 Å². The van der Waals surface area contributed by atoms with E-state index in [1.807, 2.05) is 6.92 Å². The topological polar surface area (TPSA) is 145 Å². The van der Waals surface area contributed by atoms with Crippen molar-refractivity contribution in [3.63, 3.8) is 0 Å². The summed E-state index contributed by atoms with van der Waals surface area (Å²) in [7, 11) is -4.02. The summed E-state index contributed by atoms with van der Waals surface area (Å²) in [5.74, 6) is 0.929. The van der Waals surface area contributed by atoms with E-state index in [0.717, 1.165) is 36.9 Å². The molecule has 0 aliphatic rings. The van der Waals surface area contributed by atoms with Gasteiger partial charge in [-0.05, 0) is 31.9 Å². The van der Waals surface area contributed by atoms with E-state index in [1.165, 1.54) is 12.1 Å². The molecule has 0 aliphatic heterocycles. The largest absolute Gasteiger partial charge is 0.382 e. The molecule has 9 heteroatoms. The summed E-state index contributed by atoms with van der Waals surface area (Å²) in [4.78, 5) is 3.87. The van der Waals surface area contributed by atoms with Crippen LogP contribution < -0.4 is 11.5 Å². The molecule has 2 rings (SSSR count). The highest BCUT2D eigenvalue weighted by Gasteiger charge is 2.16. The van der Waals surface area contributed by atoms with E-state index in [4.69, 9.17) is 16.0 Å². The van der Waals surface area contributed by atoms with E-state index < -0.39 is 10.1 Å². The molecule has 0 bridgehead atoms. The second kappa shape index (κ2) is 10.0. The summed E-state index contributed by atoms with van der Waals surface area (Å²) >= 11 is 0. The highest BCUT2D eigenvalue weighted by Crippen LogP contribution is 2.27. The average molecular weight is 382 g/mol. The summed E-state index contributed by atoms with van der Waals surface area (Å²) in [5.41, 5.74) is 13.0. The van der Waals surface area contributed by atoms with Crippen molar-refractivity contribution in [2.75, 3.05) is 11.5 Å². The quantitative estimate of drug-likeness (QED) is 0.647. The second-order valence-corrected chi connectivity index (χ2v) is 7.42. The van der Waals surface area contributed by atoms with Crippen molar-refractivity contribution in [2.24, 2.45) is 0 Å². The molecule has 0 saturated carbocycles. The van der Waals surface area contributed by atoms with Crippen LogP contribution in [0, 0.1) is 6.92 Å². The normalized spacial score (nSPS) is 11.1. The molecule has 26 heavy (non-hydrogen) atoms. The molecule has 0 unspecified atom stereocenters. The van der Waals surface area contributed by atoms with E-state index >= 15 is 0 Å². The number of anilines is 2. The maximum atomic E-state index is 10.5. The van der Waals surface area contributed by atoms with Gasteiger partial charge in [-0.1, -0.05) is 44.4 Å². The summed E-state index contributed by atoms with van der Waals surface area (Å²) in [5, 5.41) is 7.81. The smallest absolute Gasteiger partial charge is 0.294 e.